The van der Waals surface area contributed by atoms with Crippen LogP contribution in [0.15, 0.2) is 35.3 Å². The molecule has 0 bridgehead atoms. The second-order valence-electron chi connectivity index (χ2n) is 5.04. The lowest BCUT2D eigenvalue weighted by Gasteiger charge is -2.14. The molecule has 21 heavy (non-hydrogen) atoms. The van der Waals surface area contributed by atoms with Crippen molar-refractivity contribution in [1.29, 1.82) is 0 Å². The van der Waals surface area contributed by atoms with Crippen LogP contribution in [-0.4, -0.2) is 38.9 Å². The van der Waals surface area contributed by atoms with Gasteiger partial charge in [-0.1, -0.05) is 30.3 Å². The van der Waals surface area contributed by atoms with Crippen molar-refractivity contribution in [1.82, 2.24) is 5.32 Å². The Morgan fingerprint density at radius 2 is 2.00 bits per heavy atom. The van der Waals surface area contributed by atoms with Crippen LogP contribution in [0.4, 0.5) is 0 Å². The molecule has 0 saturated carbocycles. The fourth-order valence-corrected chi connectivity index (χ4v) is 1.93. The molecular formula is C16H27N3O2. The average Bonchev–Trinajstić information content (AvgIpc) is 2.47. The van der Waals surface area contributed by atoms with Crippen molar-refractivity contribution < 1.29 is 9.47 Å². The number of aliphatic imine (C=N–C) groups is 1. The maximum Gasteiger partial charge on any atom is 0.188 e. The third-order valence-corrected chi connectivity index (χ3v) is 3.03. The molecule has 0 aliphatic rings. The predicted molar refractivity (Wildman–Crippen MR) is 86.4 cm³/mol. The van der Waals surface area contributed by atoms with Crippen molar-refractivity contribution in [3.63, 3.8) is 0 Å². The van der Waals surface area contributed by atoms with Gasteiger partial charge in [0, 0.05) is 26.3 Å². The Hall–Kier alpha value is -1.59. The quantitative estimate of drug-likeness (QED) is 0.415. The lowest BCUT2D eigenvalue weighted by Crippen LogP contribution is -2.40. The largest absolute Gasteiger partial charge is 0.383 e. The monoisotopic (exact) mass is 293 g/mol. The fraction of sp³-hybridized carbons (Fsp3) is 0.562. The standard InChI is InChI=1S/C16H27N3O2/c1-13(12-20-3)19-16(17)18-10-7-11-21-14(2)15-8-5-4-6-9-15/h4-6,8-9,13-14H,7,10-12H2,1-3H3,(H3,17,18,19). The average molecular weight is 293 g/mol. The molecule has 0 aliphatic carbocycles. The third kappa shape index (κ3) is 7.68. The van der Waals surface area contributed by atoms with E-state index >= 15 is 0 Å². The highest BCUT2D eigenvalue weighted by Crippen LogP contribution is 2.15. The molecular weight excluding hydrogens is 266 g/mol. The van der Waals surface area contributed by atoms with Crippen LogP contribution in [-0.2, 0) is 9.47 Å². The van der Waals surface area contributed by atoms with Gasteiger partial charge in [0.25, 0.3) is 0 Å². The highest BCUT2D eigenvalue weighted by Gasteiger charge is 2.04. The Kier molecular flexibility index (Phi) is 8.47. The lowest BCUT2D eigenvalue weighted by molar-refractivity contribution is 0.0652. The molecule has 2 unspecified atom stereocenters. The molecule has 0 saturated heterocycles. The predicted octanol–water partition coefficient (Wildman–Crippen LogP) is 2.09. The van der Waals surface area contributed by atoms with Crippen molar-refractivity contribution in [2.24, 2.45) is 10.7 Å². The van der Waals surface area contributed by atoms with E-state index < -0.39 is 0 Å². The summed E-state index contributed by atoms with van der Waals surface area (Å²) in [6.07, 6.45) is 0.950. The molecule has 1 aromatic rings. The molecule has 2 atom stereocenters. The summed E-state index contributed by atoms with van der Waals surface area (Å²) in [5.41, 5.74) is 6.97. The van der Waals surface area contributed by atoms with Gasteiger partial charge in [-0.25, -0.2) is 0 Å². The molecule has 118 valence electrons. The summed E-state index contributed by atoms with van der Waals surface area (Å²) < 4.78 is 10.8. The summed E-state index contributed by atoms with van der Waals surface area (Å²) in [6, 6.07) is 10.3. The maximum absolute atomic E-state index is 5.78. The SMILES string of the molecule is COCC(C)NC(N)=NCCCOC(C)c1ccccc1. The van der Waals surface area contributed by atoms with Gasteiger partial charge in [0.2, 0.25) is 0 Å². The van der Waals surface area contributed by atoms with Crippen molar-refractivity contribution in [3.8, 4) is 0 Å². The number of nitrogens with zero attached hydrogens (tertiary/aromatic N) is 1. The smallest absolute Gasteiger partial charge is 0.188 e. The number of nitrogens with two attached hydrogens (primary N) is 1. The topological polar surface area (TPSA) is 68.9 Å². The molecule has 0 heterocycles. The Labute approximate surface area is 127 Å². The summed E-state index contributed by atoms with van der Waals surface area (Å²) >= 11 is 0. The highest BCUT2D eigenvalue weighted by molar-refractivity contribution is 5.78. The van der Waals surface area contributed by atoms with E-state index in [1.807, 2.05) is 25.1 Å². The molecule has 0 fully saturated rings. The zero-order valence-electron chi connectivity index (χ0n) is 13.2. The van der Waals surface area contributed by atoms with E-state index in [-0.39, 0.29) is 12.1 Å². The second-order valence-corrected chi connectivity index (χ2v) is 5.04. The molecule has 0 radical (unpaired) electrons. The van der Waals surface area contributed by atoms with E-state index in [9.17, 15) is 0 Å². The van der Waals surface area contributed by atoms with Crippen molar-refractivity contribution >= 4 is 5.96 Å². The van der Waals surface area contributed by atoms with Gasteiger partial charge >= 0.3 is 0 Å². The van der Waals surface area contributed by atoms with Gasteiger partial charge in [-0.3, -0.25) is 4.99 Å². The number of hydrogen-bond acceptors (Lipinski definition) is 3. The van der Waals surface area contributed by atoms with Crippen LogP contribution in [0.3, 0.4) is 0 Å². The highest BCUT2D eigenvalue weighted by atomic mass is 16.5. The Morgan fingerprint density at radius 1 is 1.29 bits per heavy atom. The van der Waals surface area contributed by atoms with Crippen LogP contribution in [0.25, 0.3) is 0 Å². The van der Waals surface area contributed by atoms with E-state index in [0.29, 0.717) is 25.7 Å². The summed E-state index contributed by atoms with van der Waals surface area (Å²) in [5, 5.41) is 3.07. The molecule has 0 spiro atoms. The summed E-state index contributed by atoms with van der Waals surface area (Å²) in [4.78, 5) is 4.26. The normalized spacial score (nSPS) is 14.7. The van der Waals surface area contributed by atoms with Crippen molar-refractivity contribution in [3.05, 3.63) is 35.9 Å². The lowest BCUT2D eigenvalue weighted by atomic mass is 10.1. The number of ether oxygens (including phenoxy) is 2. The minimum Gasteiger partial charge on any atom is -0.383 e. The first-order valence-corrected chi connectivity index (χ1v) is 7.35. The number of rotatable bonds is 9. The number of guanidine groups is 1. The summed E-state index contributed by atoms with van der Waals surface area (Å²) in [6.45, 7) is 5.98. The van der Waals surface area contributed by atoms with Crippen LogP contribution in [0, 0.1) is 0 Å². The first kappa shape index (κ1) is 17.5. The Bertz CT molecular complexity index is 409. The van der Waals surface area contributed by atoms with Crippen LogP contribution in [0.5, 0.6) is 0 Å². The maximum atomic E-state index is 5.78. The zero-order valence-corrected chi connectivity index (χ0v) is 13.2. The molecule has 3 N–H and O–H groups in total. The van der Waals surface area contributed by atoms with E-state index in [4.69, 9.17) is 15.2 Å². The van der Waals surface area contributed by atoms with Gasteiger partial charge in [0.15, 0.2) is 5.96 Å². The van der Waals surface area contributed by atoms with Gasteiger partial charge in [-0.2, -0.15) is 0 Å². The van der Waals surface area contributed by atoms with Gasteiger partial charge in [-0.15, -0.1) is 0 Å². The van der Waals surface area contributed by atoms with E-state index in [0.717, 1.165) is 6.42 Å². The molecule has 5 nitrogen and oxygen atoms in total. The van der Waals surface area contributed by atoms with Crippen LogP contribution < -0.4 is 11.1 Å². The molecule has 1 aromatic carbocycles. The third-order valence-electron chi connectivity index (χ3n) is 3.03. The van der Waals surface area contributed by atoms with Crippen LogP contribution in [0.1, 0.15) is 31.9 Å². The molecule has 0 aliphatic heterocycles. The van der Waals surface area contributed by atoms with Crippen LogP contribution in [0.2, 0.25) is 0 Å². The number of hydrogen-bond donors (Lipinski definition) is 2. The van der Waals surface area contributed by atoms with Crippen molar-refractivity contribution in [2.75, 3.05) is 26.9 Å². The Morgan fingerprint density at radius 3 is 2.67 bits per heavy atom. The van der Waals surface area contributed by atoms with Gasteiger partial charge in [0.05, 0.1) is 12.7 Å². The second kappa shape index (κ2) is 10.2. The minimum atomic E-state index is 0.104. The molecule has 5 heteroatoms. The van der Waals surface area contributed by atoms with E-state index in [2.05, 4.69) is 29.4 Å². The van der Waals surface area contributed by atoms with E-state index in [1.54, 1.807) is 7.11 Å². The first-order chi connectivity index (χ1) is 10.1. The number of methoxy groups -OCH3 is 1. The molecule has 1 rings (SSSR count). The minimum absolute atomic E-state index is 0.104. The molecule has 0 amide bonds. The van der Waals surface area contributed by atoms with E-state index in [1.165, 1.54) is 5.56 Å². The zero-order chi connectivity index (χ0) is 15.5. The van der Waals surface area contributed by atoms with Crippen molar-refractivity contribution in [2.45, 2.75) is 32.4 Å². The molecule has 0 aromatic heterocycles. The summed E-state index contributed by atoms with van der Waals surface area (Å²) in [5.74, 6) is 0.454. The number of benzene rings is 1. The first-order valence-electron chi connectivity index (χ1n) is 7.35. The fourth-order valence-electron chi connectivity index (χ4n) is 1.93. The van der Waals surface area contributed by atoms with Gasteiger partial charge < -0.3 is 20.5 Å². The number of nitrogens with one attached hydrogen (secondary N) is 1. The van der Waals surface area contributed by atoms with Gasteiger partial charge in [0.1, 0.15) is 0 Å². The summed E-state index contributed by atoms with van der Waals surface area (Å²) in [7, 11) is 1.66. The van der Waals surface area contributed by atoms with Gasteiger partial charge in [-0.05, 0) is 25.8 Å². The Balaban J connectivity index is 2.16. The van der Waals surface area contributed by atoms with Crippen LogP contribution >= 0.6 is 0 Å².